The van der Waals surface area contributed by atoms with Gasteiger partial charge in [0, 0.05) is 63.6 Å². The molecule has 3 aliphatic heterocycles. The Morgan fingerprint density at radius 2 is 1.81 bits per heavy atom. The molecule has 1 unspecified atom stereocenters. The van der Waals surface area contributed by atoms with Crippen molar-refractivity contribution in [3.63, 3.8) is 0 Å². The normalized spacial score (nSPS) is 22.2. The fourth-order valence-corrected chi connectivity index (χ4v) is 5.85. The van der Waals surface area contributed by atoms with E-state index in [-0.39, 0.29) is 23.9 Å². The van der Waals surface area contributed by atoms with Crippen LogP contribution in [0.5, 0.6) is 0 Å². The lowest BCUT2D eigenvalue weighted by molar-refractivity contribution is -0.117. The second-order valence-corrected chi connectivity index (χ2v) is 10.7. The molecule has 9 heteroatoms. The Morgan fingerprint density at radius 3 is 2.43 bits per heavy atom. The molecule has 1 aliphatic carbocycles. The van der Waals surface area contributed by atoms with Crippen molar-refractivity contribution in [3.8, 4) is 0 Å². The molecule has 4 aliphatic rings. The zero-order chi connectivity index (χ0) is 25.7. The van der Waals surface area contributed by atoms with E-state index < -0.39 is 0 Å². The van der Waals surface area contributed by atoms with Crippen LogP contribution in [0, 0.1) is 6.92 Å². The van der Waals surface area contributed by atoms with Gasteiger partial charge in [-0.2, -0.15) is 0 Å². The molecule has 1 saturated carbocycles. The predicted molar refractivity (Wildman–Crippen MR) is 142 cm³/mol. The summed E-state index contributed by atoms with van der Waals surface area (Å²) in [6.07, 6.45) is 5.86. The van der Waals surface area contributed by atoms with Crippen LogP contribution < -0.4 is 20.0 Å². The predicted octanol–water partition coefficient (Wildman–Crippen LogP) is 3.27. The average Bonchev–Trinajstić information content (AvgIpc) is 3.59. The molecule has 3 saturated heterocycles. The van der Waals surface area contributed by atoms with Gasteiger partial charge in [-0.3, -0.25) is 14.5 Å². The highest BCUT2D eigenvalue weighted by Gasteiger charge is 2.33. The maximum absolute atomic E-state index is 13.7. The molecule has 1 N–H and O–H groups in total. The molecular formula is C28H34N6O3. The number of aromatic nitrogens is 1. The van der Waals surface area contributed by atoms with Gasteiger partial charge in [0.1, 0.15) is 5.82 Å². The van der Waals surface area contributed by atoms with Crippen LogP contribution in [0.2, 0.25) is 0 Å². The molecular weight excluding hydrogens is 468 g/mol. The molecule has 194 valence electrons. The van der Waals surface area contributed by atoms with Crippen LogP contribution in [0.1, 0.15) is 60.0 Å². The third-order valence-electron chi connectivity index (χ3n) is 8.11. The molecule has 9 nitrogen and oxygen atoms in total. The van der Waals surface area contributed by atoms with Crippen LogP contribution in [0.25, 0.3) is 0 Å². The summed E-state index contributed by atoms with van der Waals surface area (Å²) in [7, 11) is 0. The summed E-state index contributed by atoms with van der Waals surface area (Å²) in [5.74, 6) is 1.67. The van der Waals surface area contributed by atoms with Gasteiger partial charge in [0.25, 0.3) is 5.91 Å². The van der Waals surface area contributed by atoms with E-state index in [1.165, 1.54) is 24.0 Å². The lowest BCUT2D eigenvalue weighted by Gasteiger charge is -2.36. The van der Waals surface area contributed by atoms with Crippen LogP contribution >= 0.6 is 0 Å². The second kappa shape index (κ2) is 9.36. The molecule has 0 spiro atoms. The summed E-state index contributed by atoms with van der Waals surface area (Å²) in [5.41, 5.74) is 4.33. The summed E-state index contributed by atoms with van der Waals surface area (Å²) in [5, 5.41) is 2.83. The quantitative estimate of drug-likeness (QED) is 0.678. The van der Waals surface area contributed by atoms with Crippen LogP contribution in [0.3, 0.4) is 0 Å². The van der Waals surface area contributed by atoms with Gasteiger partial charge in [0.2, 0.25) is 5.91 Å². The highest BCUT2D eigenvalue weighted by atomic mass is 16.2. The van der Waals surface area contributed by atoms with Crippen molar-refractivity contribution in [3.05, 3.63) is 47.2 Å². The number of amides is 4. The third kappa shape index (κ3) is 4.40. The average molecular weight is 503 g/mol. The smallest absolute Gasteiger partial charge is 0.322 e. The van der Waals surface area contributed by atoms with Crippen molar-refractivity contribution in [1.29, 1.82) is 0 Å². The zero-order valence-electron chi connectivity index (χ0n) is 21.6. The van der Waals surface area contributed by atoms with Crippen molar-refractivity contribution in [2.45, 2.75) is 51.5 Å². The van der Waals surface area contributed by atoms with E-state index in [0.29, 0.717) is 62.9 Å². The number of nitrogens with zero attached hydrogens (tertiary/aromatic N) is 5. The molecule has 0 radical (unpaired) electrons. The number of hydrogen-bond acceptors (Lipinski definition) is 5. The number of urea groups is 1. The first kappa shape index (κ1) is 23.8. The summed E-state index contributed by atoms with van der Waals surface area (Å²) in [4.78, 5) is 51.1. The van der Waals surface area contributed by atoms with E-state index in [4.69, 9.17) is 4.98 Å². The Morgan fingerprint density at radius 1 is 1.03 bits per heavy atom. The Balaban J connectivity index is 1.22. The van der Waals surface area contributed by atoms with E-state index in [1.807, 2.05) is 30.2 Å². The number of aryl methyl sites for hydroxylation is 1. The highest BCUT2D eigenvalue weighted by Crippen LogP contribution is 2.40. The van der Waals surface area contributed by atoms with Crippen molar-refractivity contribution in [1.82, 2.24) is 15.2 Å². The number of anilines is 3. The molecule has 1 aromatic carbocycles. The van der Waals surface area contributed by atoms with E-state index in [9.17, 15) is 14.4 Å². The van der Waals surface area contributed by atoms with Crippen LogP contribution in [0.15, 0.2) is 30.5 Å². The Labute approximate surface area is 217 Å². The molecule has 4 fully saturated rings. The lowest BCUT2D eigenvalue weighted by Crippen LogP contribution is -2.49. The van der Waals surface area contributed by atoms with Crippen molar-refractivity contribution in [2.24, 2.45) is 0 Å². The first-order valence-corrected chi connectivity index (χ1v) is 13.4. The number of piperazine rings is 1. The maximum Gasteiger partial charge on any atom is 0.322 e. The maximum atomic E-state index is 13.7. The standard InChI is InChI=1S/C28H34N6O3/c1-18-15-21(20-4-5-20)17-30-26(18)31-11-13-32(14-12-31)27(36)23-7-6-22(34-19(2)3-8-25(34)35)16-24(23)33-10-9-29-28(33)37/h6-7,15-17,19-20H,3-5,8-14H2,1-2H3,(H,29,37). The zero-order valence-corrected chi connectivity index (χ0v) is 21.6. The van der Waals surface area contributed by atoms with E-state index >= 15 is 0 Å². The van der Waals surface area contributed by atoms with Gasteiger partial charge < -0.3 is 20.0 Å². The first-order chi connectivity index (χ1) is 17.9. The topological polar surface area (TPSA) is 89.1 Å². The summed E-state index contributed by atoms with van der Waals surface area (Å²) in [6, 6.07) is 7.60. The van der Waals surface area contributed by atoms with E-state index in [1.54, 1.807) is 15.9 Å². The Bertz CT molecular complexity index is 1250. The largest absolute Gasteiger partial charge is 0.353 e. The molecule has 1 aromatic heterocycles. The Kier molecular flexibility index (Phi) is 6.01. The van der Waals surface area contributed by atoms with Gasteiger partial charge >= 0.3 is 6.03 Å². The number of pyridine rings is 1. The molecule has 4 amide bonds. The van der Waals surface area contributed by atoms with E-state index in [2.05, 4.69) is 23.2 Å². The highest BCUT2D eigenvalue weighted by molar-refractivity contribution is 6.07. The minimum atomic E-state index is -0.215. The molecule has 0 bridgehead atoms. The number of hydrogen-bond donors (Lipinski definition) is 1. The fraction of sp³-hybridized carbons (Fsp3) is 0.500. The molecule has 4 heterocycles. The number of benzene rings is 1. The molecule has 37 heavy (non-hydrogen) atoms. The number of nitrogens with one attached hydrogen (secondary N) is 1. The van der Waals surface area contributed by atoms with Crippen molar-refractivity contribution < 1.29 is 14.4 Å². The van der Waals surface area contributed by atoms with Gasteiger partial charge in [-0.1, -0.05) is 6.07 Å². The summed E-state index contributed by atoms with van der Waals surface area (Å²) >= 11 is 0. The third-order valence-corrected chi connectivity index (χ3v) is 8.11. The molecule has 1 atom stereocenters. The fourth-order valence-electron chi connectivity index (χ4n) is 5.85. The minimum absolute atomic E-state index is 0.0774. The van der Waals surface area contributed by atoms with Crippen molar-refractivity contribution >= 4 is 35.0 Å². The van der Waals surface area contributed by atoms with Crippen LogP contribution in [-0.2, 0) is 4.79 Å². The molecule has 6 rings (SSSR count). The number of carbonyl (C=O) groups excluding carboxylic acids is 3. The van der Waals surface area contributed by atoms with Gasteiger partial charge in [-0.25, -0.2) is 9.78 Å². The summed E-state index contributed by atoms with van der Waals surface area (Å²) in [6.45, 7) is 7.74. The van der Waals surface area contributed by atoms with Crippen molar-refractivity contribution in [2.75, 3.05) is 54.0 Å². The number of carbonyl (C=O) groups is 3. The second-order valence-electron chi connectivity index (χ2n) is 10.7. The molecule has 2 aromatic rings. The van der Waals surface area contributed by atoms with E-state index in [0.717, 1.165) is 17.9 Å². The first-order valence-electron chi connectivity index (χ1n) is 13.4. The van der Waals surface area contributed by atoms with Gasteiger partial charge in [0.05, 0.1) is 11.3 Å². The summed E-state index contributed by atoms with van der Waals surface area (Å²) < 4.78 is 0. The minimum Gasteiger partial charge on any atom is -0.353 e. The monoisotopic (exact) mass is 502 g/mol. The number of rotatable bonds is 5. The van der Waals surface area contributed by atoms with Gasteiger partial charge in [-0.15, -0.1) is 0 Å². The van der Waals surface area contributed by atoms with Gasteiger partial charge in [-0.05, 0) is 68.4 Å². The van der Waals surface area contributed by atoms with Gasteiger partial charge in [0.15, 0.2) is 0 Å². The Hall–Kier alpha value is -3.62. The SMILES string of the molecule is Cc1cc(C2CC2)cnc1N1CCN(C(=O)c2ccc(N3C(=O)CCC3C)cc2N2CCNC2=O)CC1. The van der Waals surface area contributed by atoms with Crippen LogP contribution in [-0.4, -0.2) is 73.0 Å². The lowest BCUT2D eigenvalue weighted by atomic mass is 10.1. The van der Waals surface area contributed by atoms with Crippen LogP contribution in [0.4, 0.5) is 22.0 Å².